The molecular formula is C15H13NO2S2. The van der Waals surface area contributed by atoms with Crippen molar-refractivity contribution in [3.63, 3.8) is 0 Å². The van der Waals surface area contributed by atoms with Crippen molar-refractivity contribution >= 4 is 41.0 Å². The van der Waals surface area contributed by atoms with Crippen LogP contribution in [0.5, 0.6) is 0 Å². The molecule has 0 saturated heterocycles. The fourth-order valence-electron chi connectivity index (χ4n) is 2.10. The topological polar surface area (TPSA) is 46.2 Å². The number of carbonyl (C=O) groups is 2. The van der Waals surface area contributed by atoms with Gasteiger partial charge in [0.1, 0.15) is 6.29 Å². The summed E-state index contributed by atoms with van der Waals surface area (Å²) in [6.45, 7) is 0. The number of thioether (sulfide) groups is 1. The summed E-state index contributed by atoms with van der Waals surface area (Å²) >= 11 is 3.50. The highest BCUT2D eigenvalue weighted by atomic mass is 32.2. The average molecular weight is 303 g/mol. The molecule has 0 atom stereocenters. The summed E-state index contributed by atoms with van der Waals surface area (Å²) in [4.78, 5) is 24.9. The maximum atomic E-state index is 12.2. The second-order valence-electron chi connectivity index (χ2n) is 4.56. The summed E-state index contributed by atoms with van der Waals surface area (Å²) in [6.07, 6.45) is 1.85. The van der Waals surface area contributed by atoms with Crippen molar-refractivity contribution in [2.24, 2.45) is 0 Å². The summed E-state index contributed by atoms with van der Waals surface area (Å²) in [6, 6.07) is 8.87. The second-order valence-corrected chi connectivity index (χ2v) is 6.80. The van der Waals surface area contributed by atoms with Gasteiger partial charge in [-0.25, -0.2) is 0 Å². The quantitative estimate of drug-likeness (QED) is 0.881. The smallest absolute Gasteiger partial charge is 0.265 e. The van der Waals surface area contributed by atoms with E-state index >= 15 is 0 Å². The van der Waals surface area contributed by atoms with Crippen molar-refractivity contribution in [1.29, 1.82) is 0 Å². The van der Waals surface area contributed by atoms with E-state index in [1.165, 1.54) is 10.4 Å². The molecule has 3 rings (SSSR count). The zero-order valence-electron chi connectivity index (χ0n) is 10.7. The Morgan fingerprint density at radius 2 is 2.05 bits per heavy atom. The van der Waals surface area contributed by atoms with Crippen molar-refractivity contribution in [2.75, 3.05) is 11.1 Å². The molecule has 0 fully saturated rings. The van der Waals surface area contributed by atoms with E-state index in [0.29, 0.717) is 11.3 Å². The summed E-state index contributed by atoms with van der Waals surface area (Å²) in [5.41, 5.74) is 2.61. The third kappa shape index (κ3) is 2.78. The van der Waals surface area contributed by atoms with Crippen molar-refractivity contribution in [1.82, 2.24) is 0 Å². The van der Waals surface area contributed by atoms with Gasteiger partial charge in [-0.15, -0.1) is 11.3 Å². The van der Waals surface area contributed by atoms with Crippen molar-refractivity contribution in [2.45, 2.75) is 12.2 Å². The summed E-state index contributed by atoms with van der Waals surface area (Å²) < 4.78 is 0. The Hall–Kier alpha value is -1.59. The molecule has 1 aliphatic rings. The van der Waals surface area contributed by atoms with Crippen LogP contribution in [0.2, 0.25) is 0 Å². The number of fused-ring (bicyclic) bond motifs is 1. The fourth-order valence-corrected chi connectivity index (χ4v) is 4.36. The van der Waals surface area contributed by atoms with Gasteiger partial charge < -0.3 is 5.32 Å². The molecule has 2 heterocycles. The van der Waals surface area contributed by atoms with Crippen molar-refractivity contribution in [3.8, 4) is 0 Å². The number of rotatable bonds is 3. The van der Waals surface area contributed by atoms with Gasteiger partial charge in [0.15, 0.2) is 0 Å². The van der Waals surface area contributed by atoms with Crippen LogP contribution in [0.25, 0.3) is 0 Å². The molecule has 1 N–H and O–H groups in total. The molecule has 0 saturated carbocycles. The summed E-state index contributed by atoms with van der Waals surface area (Å²) in [5.74, 6) is 2.07. The van der Waals surface area contributed by atoms with E-state index in [-0.39, 0.29) is 5.91 Å². The first-order chi connectivity index (χ1) is 9.76. The lowest BCUT2D eigenvalue weighted by molar-refractivity contribution is 0.103. The first kappa shape index (κ1) is 13.4. The monoisotopic (exact) mass is 303 g/mol. The number of hydrogen-bond acceptors (Lipinski definition) is 4. The lowest BCUT2D eigenvalue weighted by atomic mass is 10.2. The Morgan fingerprint density at radius 1 is 1.25 bits per heavy atom. The number of nitrogens with one attached hydrogen (secondary N) is 1. The minimum atomic E-state index is -0.0757. The van der Waals surface area contributed by atoms with E-state index in [9.17, 15) is 9.59 Å². The molecule has 1 aromatic heterocycles. The molecule has 0 bridgehead atoms. The van der Waals surface area contributed by atoms with E-state index in [1.807, 2.05) is 17.8 Å². The summed E-state index contributed by atoms with van der Waals surface area (Å²) in [5, 5.41) is 2.87. The SMILES string of the molecule is O=Cc1ccc(NC(=O)c2cc3c(s2)CCSC3)cc1. The Labute approximate surface area is 125 Å². The Morgan fingerprint density at radius 3 is 2.75 bits per heavy atom. The third-order valence-corrected chi connectivity index (χ3v) is 5.40. The number of thiophene rings is 1. The van der Waals surface area contributed by atoms with Gasteiger partial charge in [0.2, 0.25) is 0 Å². The van der Waals surface area contributed by atoms with Gasteiger partial charge in [0.25, 0.3) is 5.91 Å². The minimum absolute atomic E-state index is 0.0757. The molecule has 102 valence electrons. The van der Waals surface area contributed by atoms with Gasteiger partial charge in [0.05, 0.1) is 4.88 Å². The number of amides is 1. The molecule has 1 amide bonds. The first-order valence-corrected chi connectivity index (χ1v) is 8.29. The molecule has 0 spiro atoms. The molecule has 1 aliphatic heterocycles. The van der Waals surface area contributed by atoms with E-state index in [1.54, 1.807) is 35.6 Å². The Kier molecular flexibility index (Phi) is 3.89. The number of aryl methyl sites for hydroxylation is 1. The van der Waals surface area contributed by atoms with Crippen LogP contribution < -0.4 is 5.32 Å². The highest BCUT2D eigenvalue weighted by molar-refractivity contribution is 7.98. The van der Waals surface area contributed by atoms with E-state index in [4.69, 9.17) is 0 Å². The first-order valence-electron chi connectivity index (χ1n) is 6.32. The Bertz CT molecular complexity index is 623. The summed E-state index contributed by atoms with van der Waals surface area (Å²) in [7, 11) is 0. The van der Waals surface area contributed by atoms with Gasteiger partial charge in [0, 0.05) is 21.9 Å². The molecule has 0 aliphatic carbocycles. The Balaban J connectivity index is 1.75. The van der Waals surface area contributed by atoms with Gasteiger partial charge >= 0.3 is 0 Å². The molecule has 0 radical (unpaired) electrons. The van der Waals surface area contributed by atoms with Gasteiger partial charge in [-0.05, 0) is 48.1 Å². The zero-order chi connectivity index (χ0) is 13.9. The third-order valence-electron chi connectivity index (χ3n) is 3.16. The van der Waals surface area contributed by atoms with Crippen LogP contribution in [0.3, 0.4) is 0 Å². The highest BCUT2D eigenvalue weighted by Crippen LogP contribution is 2.32. The van der Waals surface area contributed by atoms with Crippen LogP contribution in [0, 0.1) is 0 Å². The molecule has 0 unspecified atom stereocenters. The molecule has 2 aromatic rings. The molecular weight excluding hydrogens is 290 g/mol. The lowest BCUT2D eigenvalue weighted by Crippen LogP contribution is -2.10. The van der Waals surface area contributed by atoms with Crippen LogP contribution in [0.1, 0.15) is 30.5 Å². The second kappa shape index (κ2) is 5.81. The van der Waals surface area contributed by atoms with Crippen LogP contribution >= 0.6 is 23.1 Å². The van der Waals surface area contributed by atoms with Crippen LogP contribution in [0.4, 0.5) is 5.69 Å². The maximum absolute atomic E-state index is 12.2. The number of carbonyl (C=O) groups excluding carboxylic acids is 2. The normalized spacial score (nSPS) is 13.6. The molecule has 5 heteroatoms. The average Bonchev–Trinajstić information content (AvgIpc) is 2.92. The fraction of sp³-hybridized carbons (Fsp3) is 0.200. The van der Waals surface area contributed by atoms with Crippen LogP contribution in [0.15, 0.2) is 30.3 Å². The predicted octanol–water partition coefficient (Wildman–Crippen LogP) is 3.60. The number of aldehydes is 1. The minimum Gasteiger partial charge on any atom is -0.321 e. The van der Waals surface area contributed by atoms with E-state index in [2.05, 4.69) is 5.32 Å². The van der Waals surface area contributed by atoms with Gasteiger partial charge in [-0.3, -0.25) is 9.59 Å². The number of hydrogen-bond donors (Lipinski definition) is 1. The van der Waals surface area contributed by atoms with Crippen molar-refractivity contribution < 1.29 is 9.59 Å². The number of anilines is 1. The maximum Gasteiger partial charge on any atom is 0.265 e. The molecule has 3 nitrogen and oxygen atoms in total. The molecule has 1 aromatic carbocycles. The van der Waals surface area contributed by atoms with Crippen LogP contribution in [-0.4, -0.2) is 17.9 Å². The predicted molar refractivity (Wildman–Crippen MR) is 84.0 cm³/mol. The zero-order valence-corrected chi connectivity index (χ0v) is 12.4. The van der Waals surface area contributed by atoms with Gasteiger partial charge in [-0.1, -0.05) is 0 Å². The number of benzene rings is 1. The standard InChI is InChI=1S/C15H13NO2S2/c17-8-10-1-3-12(4-2-10)16-15(18)14-7-11-9-19-6-5-13(11)20-14/h1-4,7-8H,5-6,9H2,(H,16,18). The largest absolute Gasteiger partial charge is 0.321 e. The highest BCUT2D eigenvalue weighted by Gasteiger charge is 2.17. The van der Waals surface area contributed by atoms with Gasteiger partial charge in [-0.2, -0.15) is 11.8 Å². The van der Waals surface area contributed by atoms with E-state index in [0.717, 1.165) is 29.1 Å². The lowest BCUT2D eigenvalue weighted by Gasteiger charge is -2.08. The molecule has 20 heavy (non-hydrogen) atoms. The van der Waals surface area contributed by atoms with E-state index < -0.39 is 0 Å². The van der Waals surface area contributed by atoms with Crippen molar-refractivity contribution in [3.05, 3.63) is 51.2 Å². The van der Waals surface area contributed by atoms with Crippen LogP contribution in [-0.2, 0) is 12.2 Å².